The van der Waals surface area contributed by atoms with E-state index in [0.717, 1.165) is 57.1 Å². The van der Waals surface area contributed by atoms with Gasteiger partial charge in [-0.3, -0.25) is 9.69 Å². The summed E-state index contributed by atoms with van der Waals surface area (Å²) in [7, 11) is 0. The van der Waals surface area contributed by atoms with Crippen molar-refractivity contribution in [2.24, 2.45) is 0 Å². The van der Waals surface area contributed by atoms with Crippen LogP contribution in [0, 0.1) is 6.92 Å². The molecule has 2 aliphatic heterocycles. The molecule has 6 heteroatoms. The summed E-state index contributed by atoms with van der Waals surface area (Å²) in [6.45, 7) is 7.64. The van der Waals surface area contributed by atoms with Gasteiger partial charge in [0.15, 0.2) is 0 Å². The number of aryl methyl sites for hydroxylation is 1. The van der Waals surface area contributed by atoms with Crippen LogP contribution in [0.2, 0.25) is 0 Å². The van der Waals surface area contributed by atoms with Crippen LogP contribution >= 0.6 is 11.3 Å². The number of thiazole rings is 1. The minimum Gasteiger partial charge on any atom is -0.339 e. The fourth-order valence-corrected chi connectivity index (χ4v) is 3.78. The Labute approximate surface area is 124 Å². The van der Waals surface area contributed by atoms with E-state index in [4.69, 9.17) is 0 Å². The fraction of sp³-hybridized carbons (Fsp3) is 0.714. The lowest BCUT2D eigenvalue weighted by atomic mass is 10.2. The predicted octanol–water partition coefficient (Wildman–Crippen LogP) is 0.848. The van der Waals surface area contributed by atoms with Gasteiger partial charge >= 0.3 is 0 Å². The van der Waals surface area contributed by atoms with Crippen LogP contribution in [0.4, 0.5) is 0 Å². The highest BCUT2D eigenvalue weighted by Crippen LogP contribution is 2.16. The summed E-state index contributed by atoms with van der Waals surface area (Å²) < 4.78 is 0. The third-order valence-electron chi connectivity index (χ3n) is 4.09. The van der Waals surface area contributed by atoms with Crippen LogP contribution in [-0.2, 0) is 11.3 Å². The maximum absolute atomic E-state index is 12.3. The van der Waals surface area contributed by atoms with Crippen molar-refractivity contribution in [3.05, 3.63) is 16.1 Å². The molecule has 0 spiro atoms. The molecule has 2 aliphatic rings. The number of rotatable bonds is 3. The molecule has 2 saturated heterocycles. The molecule has 3 heterocycles. The van der Waals surface area contributed by atoms with Gasteiger partial charge in [0.1, 0.15) is 0 Å². The molecule has 0 radical (unpaired) electrons. The van der Waals surface area contributed by atoms with Crippen molar-refractivity contribution in [1.82, 2.24) is 20.1 Å². The summed E-state index contributed by atoms with van der Waals surface area (Å²) in [6.07, 6.45) is 4.10. The zero-order chi connectivity index (χ0) is 13.9. The Balaban J connectivity index is 1.48. The van der Waals surface area contributed by atoms with E-state index in [1.54, 1.807) is 11.3 Å². The first-order valence-corrected chi connectivity index (χ1v) is 8.20. The van der Waals surface area contributed by atoms with Crippen molar-refractivity contribution in [3.63, 3.8) is 0 Å². The van der Waals surface area contributed by atoms with Crippen molar-refractivity contribution in [3.8, 4) is 0 Å². The zero-order valence-corrected chi connectivity index (χ0v) is 12.8. The van der Waals surface area contributed by atoms with Gasteiger partial charge in [0.25, 0.3) is 0 Å². The molecule has 3 rings (SSSR count). The molecule has 1 aromatic heterocycles. The van der Waals surface area contributed by atoms with Crippen LogP contribution in [-0.4, -0.2) is 59.5 Å². The lowest BCUT2D eigenvalue weighted by Crippen LogP contribution is -2.52. The Hall–Kier alpha value is -0.980. The smallest absolute Gasteiger partial charge is 0.239 e. The summed E-state index contributed by atoms with van der Waals surface area (Å²) in [5, 5.41) is 4.42. The second-order valence-corrected chi connectivity index (χ2v) is 6.92. The minimum absolute atomic E-state index is 0.0747. The lowest BCUT2D eigenvalue weighted by molar-refractivity contribution is -0.134. The predicted molar refractivity (Wildman–Crippen MR) is 79.7 cm³/mol. The summed E-state index contributed by atoms with van der Waals surface area (Å²) in [5.41, 5.74) is 0. The lowest BCUT2D eigenvalue weighted by Gasteiger charge is -2.35. The van der Waals surface area contributed by atoms with Gasteiger partial charge in [0.05, 0.1) is 11.0 Å². The van der Waals surface area contributed by atoms with Gasteiger partial charge < -0.3 is 10.2 Å². The number of hydrogen-bond acceptors (Lipinski definition) is 5. The fourth-order valence-electron chi connectivity index (χ4n) is 2.94. The minimum atomic E-state index is 0.0747. The number of amides is 1. The van der Waals surface area contributed by atoms with Crippen LogP contribution in [0.5, 0.6) is 0 Å². The molecule has 0 bridgehead atoms. The number of nitrogens with one attached hydrogen (secondary N) is 1. The van der Waals surface area contributed by atoms with Gasteiger partial charge in [-0.15, -0.1) is 11.3 Å². The van der Waals surface area contributed by atoms with Crippen molar-refractivity contribution in [2.45, 2.75) is 32.4 Å². The topological polar surface area (TPSA) is 48.5 Å². The third-order valence-corrected chi connectivity index (χ3v) is 4.99. The van der Waals surface area contributed by atoms with E-state index >= 15 is 0 Å². The van der Waals surface area contributed by atoms with E-state index in [9.17, 15) is 4.79 Å². The molecule has 2 fully saturated rings. The van der Waals surface area contributed by atoms with Gasteiger partial charge in [0.2, 0.25) is 5.91 Å². The molecular weight excluding hydrogens is 272 g/mol. The summed E-state index contributed by atoms with van der Waals surface area (Å²) >= 11 is 1.77. The second-order valence-electron chi connectivity index (χ2n) is 5.60. The molecule has 1 aromatic rings. The Kier molecular flexibility index (Phi) is 4.33. The first kappa shape index (κ1) is 14.0. The Morgan fingerprint density at radius 3 is 2.85 bits per heavy atom. The number of piperazine rings is 1. The summed E-state index contributed by atoms with van der Waals surface area (Å²) in [6, 6.07) is 0.0747. The van der Waals surface area contributed by atoms with Gasteiger partial charge in [-0.25, -0.2) is 4.98 Å². The van der Waals surface area contributed by atoms with Crippen LogP contribution in [0.15, 0.2) is 6.20 Å². The largest absolute Gasteiger partial charge is 0.339 e. The summed E-state index contributed by atoms with van der Waals surface area (Å²) in [4.78, 5) is 22.4. The normalized spacial score (nSPS) is 24.2. The molecule has 0 unspecified atom stereocenters. The van der Waals surface area contributed by atoms with E-state index in [1.807, 2.05) is 18.0 Å². The van der Waals surface area contributed by atoms with Crippen molar-refractivity contribution in [1.29, 1.82) is 0 Å². The average Bonchev–Trinajstić information content (AvgIpc) is 3.11. The molecule has 0 aromatic carbocycles. The van der Waals surface area contributed by atoms with Crippen LogP contribution in [0.3, 0.4) is 0 Å². The van der Waals surface area contributed by atoms with Gasteiger partial charge in [-0.05, 0) is 26.3 Å². The molecule has 0 aliphatic carbocycles. The highest BCUT2D eigenvalue weighted by Gasteiger charge is 2.29. The summed E-state index contributed by atoms with van der Waals surface area (Å²) in [5.74, 6) is 0.302. The third kappa shape index (κ3) is 3.19. The maximum atomic E-state index is 12.3. The quantitative estimate of drug-likeness (QED) is 0.898. The van der Waals surface area contributed by atoms with E-state index < -0.39 is 0 Å². The first-order chi connectivity index (χ1) is 9.72. The van der Waals surface area contributed by atoms with E-state index in [-0.39, 0.29) is 6.04 Å². The van der Waals surface area contributed by atoms with Crippen LogP contribution in [0.1, 0.15) is 22.7 Å². The maximum Gasteiger partial charge on any atom is 0.239 e. The molecule has 1 N–H and O–H groups in total. The average molecular weight is 294 g/mol. The van der Waals surface area contributed by atoms with Crippen LogP contribution < -0.4 is 5.32 Å². The van der Waals surface area contributed by atoms with E-state index in [0.29, 0.717) is 5.91 Å². The first-order valence-electron chi connectivity index (χ1n) is 7.38. The number of aromatic nitrogens is 1. The molecule has 0 saturated carbocycles. The zero-order valence-electron chi connectivity index (χ0n) is 12.0. The van der Waals surface area contributed by atoms with E-state index in [2.05, 4.69) is 15.2 Å². The standard InChI is InChI=1S/C14H22N4OS/c1-11-16-9-12(20-11)10-17-5-7-18(8-6-17)14(19)13-3-2-4-15-13/h9,13,15H,2-8,10H2,1H3/t13-/m0/s1. The van der Waals surface area contributed by atoms with Crippen molar-refractivity contribution >= 4 is 17.2 Å². The van der Waals surface area contributed by atoms with Gasteiger partial charge in [-0.1, -0.05) is 0 Å². The number of carbonyl (C=O) groups is 1. The van der Waals surface area contributed by atoms with Gasteiger partial charge in [0, 0.05) is 43.8 Å². The molecular formula is C14H22N4OS. The Bertz CT molecular complexity index is 461. The SMILES string of the molecule is Cc1ncc(CN2CCN(C(=O)[C@@H]3CCCN3)CC2)s1. The number of carbonyl (C=O) groups excluding carboxylic acids is 1. The molecule has 1 amide bonds. The monoisotopic (exact) mass is 294 g/mol. The van der Waals surface area contributed by atoms with Crippen molar-refractivity contribution < 1.29 is 4.79 Å². The van der Waals surface area contributed by atoms with Crippen molar-refractivity contribution in [2.75, 3.05) is 32.7 Å². The molecule has 5 nitrogen and oxygen atoms in total. The Morgan fingerprint density at radius 2 is 2.25 bits per heavy atom. The molecule has 20 heavy (non-hydrogen) atoms. The highest BCUT2D eigenvalue weighted by molar-refractivity contribution is 7.11. The van der Waals surface area contributed by atoms with E-state index in [1.165, 1.54) is 4.88 Å². The highest BCUT2D eigenvalue weighted by atomic mass is 32.1. The second kappa shape index (κ2) is 6.20. The number of hydrogen-bond donors (Lipinski definition) is 1. The van der Waals surface area contributed by atoms with Crippen LogP contribution in [0.25, 0.3) is 0 Å². The molecule has 110 valence electrons. The van der Waals surface area contributed by atoms with Gasteiger partial charge in [-0.2, -0.15) is 0 Å². The number of nitrogens with zero attached hydrogens (tertiary/aromatic N) is 3. The molecule has 1 atom stereocenters. The Morgan fingerprint density at radius 1 is 1.45 bits per heavy atom.